The van der Waals surface area contributed by atoms with Gasteiger partial charge in [-0.2, -0.15) is 0 Å². The molecule has 1 heterocycles. The van der Waals surface area contributed by atoms with Crippen molar-refractivity contribution in [1.29, 1.82) is 0 Å². The molecular formula is C12H26N2. The standard InChI is InChI=1S/C12H26N2/c1-4-14-7-5-6-11(9-14)8-12(2,3)10-13/h11H,4-10,13H2,1-3H3. The van der Waals surface area contributed by atoms with Crippen LogP contribution in [0.5, 0.6) is 0 Å². The highest BCUT2D eigenvalue weighted by molar-refractivity contribution is 4.79. The third kappa shape index (κ3) is 3.58. The molecule has 1 aliphatic rings. The first kappa shape index (κ1) is 12.0. The zero-order valence-electron chi connectivity index (χ0n) is 10.1. The smallest absolute Gasteiger partial charge is 0.000976 e. The van der Waals surface area contributed by atoms with Gasteiger partial charge in [-0.25, -0.2) is 0 Å². The summed E-state index contributed by atoms with van der Waals surface area (Å²) in [5.41, 5.74) is 6.11. The molecule has 0 saturated carbocycles. The lowest BCUT2D eigenvalue weighted by atomic mass is 9.80. The Morgan fingerprint density at radius 2 is 2.14 bits per heavy atom. The van der Waals surface area contributed by atoms with Gasteiger partial charge in [-0.3, -0.25) is 0 Å². The third-order valence-electron chi connectivity index (χ3n) is 3.44. The van der Waals surface area contributed by atoms with E-state index in [1.54, 1.807) is 0 Å². The van der Waals surface area contributed by atoms with Crippen molar-refractivity contribution in [2.45, 2.75) is 40.0 Å². The molecule has 14 heavy (non-hydrogen) atoms. The minimum absolute atomic E-state index is 0.335. The van der Waals surface area contributed by atoms with Crippen molar-refractivity contribution in [2.75, 3.05) is 26.2 Å². The van der Waals surface area contributed by atoms with Crippen LogP contribution < -0.4 is 5.73 Å². The Labute approximate surface area is 88.8 Å². The summed E-state index contributed by atoms with van der Waals surface area (Å²) in [6.45, 7) is 11.5. The van der Waals surface area contributed by atoms with Gasteiger partial charge in [0, 0.05) is 6.54 Å². The fraction of sp³-hybridized carbons (Fsp3) is 1.00. The molecule has 2 heteroatoms. The van der Waals surface area contributed by atoms with Gasteiger partial charge in [0.2, 0.25) is 0 Å². The lowest BCUT2D eigenvalue weighted by molar-refractivity contribution is 0.143. The molecule has 1 saturated heterocycles. The number of likely N-dealkylation sites (tertiary alicyclic amines) is 1. The van der Waals surface area contributed by atoms with Gasteiger partial charge in [-0.15, -0.1) is 0 Å². The van der Waals surface area contributed by atoms with E-state index in [4.69, 9.17) is 5.73 Å². The first-order valence-electron chi connectivity index (χ1n) is 6.00. The van der Waals surface area contributed by atoms with E-state index < -0.39 is 0 Å². The molecule has 84 valence electrons. The van der Waals surface area contributed by atoms with Crippen molar-refractivity contribution in [2.24, 2.45) is 17.1 Å². The molecule has 0 spiro atoms. The number of piperidine rings is 1. The molecule has 1 fully saturated rings. The van der Waals surface area contributed by atoms with Crippen molar-refractivity contribution >= 4 is 0 Å². The number of hydrogen-bond acceptors (Lipinski definition) is 2. The fourth-order valence-electron chi connectivity index (χ4n) is 2.47. The monoisotopic (exact) mass is 198 g/mol. The average molecular weight is 198 g/mol. The number of nitrogens with zero attached hydrogens (tertiary/aromatic N) is 1. The van der Waals surface area contributed by atoms with Gasteiger partial charge in [-0.1, -0.05) is 20.8 Å². The van der Waals surface area contributed by atoms with Crippen LogP contribution in [-0.4, -0.2) is 31.1 Å². The van der Waals surface area contributed by atoms with Crippen LogP contribution >= 0.6 is 0 Å². The van der Waals surface area contributed by atoms with Crippen LogP contribution in [0.15, 0.2) is 0 Å². The Balaban J connectivity index is 2.37. The molecule has 1 aliphatic heterocycles. The van der Waals surface area contributed by atoms with E-state index in [-0.39, 0.29) is 0 Å². The SMILES string of the molecule is CCN1CCCC(CC(C)(C)CN)C1. The third-order valence-corrected chi connectivity index (χ3v) is 3.44. The Bertz CT molecular complexity index is 166. The Kier molecular flexibility index (Phi) is 4.39. The van der Waals surface area contributed by atoms with Crippen molar-refractivity contribution < 1.29 is 0 Å². The molecule has 2 N–H and O–H groups in total. The van der Waals surface area contributed by atoms with E-state index in [0.29, 0.717) is 5.41 Å². The van der Waals surface area contributed by atoms with Crippen LogP contribution in [0, 0.1) is 11.3 Å². The van der Waals surface area contributed by atoms with Gasteiger partial charge in [0.1, 0.15) is 0 Å². The van der Waals surface area contributed by atoms with Gasteiger partial charge in [0.25, 0.3) is 0 Å². The summed E-state index contributed by atoms with van der Waals surface area (Å²) in [6, 6.07) is 0. The summed E-state index contributed by atoms with van der Waals surface area (Å²) in [7, 11) is 0. The van der Waals surface area contributed by atoms with Gasteiger partial charge >= 0.3 is 0 Å². The van der Waals surface area contributed by atoms with Crippen molar-refractivity contribution in [3.63, 3.8) is 0 Å². The van der Waals surface area contributed by atoms with Crippen LogP contribution in [0.4, 0.5) is 0 Å². The second-order valence-corrected chi connectivity index (χ2v) is 5.47. The molecule has 0 aromatic rings. The van der Waals surface area contributed by atoms with E-state index >= 15 is 0 Å². The van der Waals surface area contributed by atoms with E-state index in [1.165, 1.54) is 38.9 Å². The van der Waals surface area contributed by atoms with Crippen LogP contribution in [-0.2, 0) is 0 Å². The Morgan fingerprint density at radius 3 is 2.71 bits per heavy atom. The highest BCUT2D eigenvalue weighted by atomic mass is 15.1. The van der Waals surface area contributed by atoms with E-state index in [0.717, 1.165) is 12.5 Å². The molecule has 0 amide bonds. The van der Waals surface area contributed by atoms with Gasteiger partial charge < -0.3 is 10.6 Å². The van der Waals surface area contributed by atoms with Gasteiger partial charge in [0.05, 0.1) is 0 Å². The highest BCUT2D eigenvalue weighted by Crippen LogP contribution is 2.29. The maximum Gasteiger partial charge on any atom is 0.000976 e. The molecule has 1 rings (SSSR count). The van der Waals surface area contributed by atoms with E-state index in [9.17, 15) is 0 Å². The largest absolute Gasteiger partial charge is 0.330 e. The predicted octanol–water partition coefficient (Wildman–Crippen LogP) is 2.09. The highest BCUT2D eigenvalue weighted by Gasteiger charge is 2.25. The second kappa shape index (κ2) is 5.13. The second-order valence-electron chi connectivity index (χ2n) is 5.47. The first-order valence-corrected chi connectivity index (χ1v) is 6.00. The van der Waals surface area contributed by atoms with E-state index in [2.05, 4.69) is 25.7 Å². The summed E-state index contributed by atoms with van der Waals surface area (Å²) in [5, 5.41) is 0. The lowest BCUT2D eigenvalue weighted by Gasteiger charge is -2.36. The zero-order valence-corrected chi connectivity index (χ0v) is 10.1. The van der Waals surface area contributed by atoms with Crippen molar-refractivity contribution in [1.82, 2.24) is 4.90 Å². The fourth-order valence-corrected chi connectivity index (χ4v) is 2.47. The average Bonchev–Trinajstić information content (AvgIpc) is 2.17. The zero-order chi connectivity index (χ0) is 10.6. The minimum atomic E-state index is 0.335. The van der Waals surface area contributed by atoms with Crippen LogP contribution in [0.1, 0.15) is 40.0 Å². The molecule has 0 aromatic carbocycles. The van der Waals surface area contributed by atoms with Crippen LogP contribution in [0.3, 0.4) is 0 Å². The lowest BCUT2D eigenvalue weighted by Crippen LogP contribution is -2.38. The normalized spacial score (nSPS) is 25.3. The quantitative estimate of drug-likeness (QED) is 0.749. The summed E-state index contributed by atoms with van der Waals surface area (Å²) in [4.78, 5) is 2.57. The maximum absolute atomic E-state index is 5.78. The molecule has 0 aromatic heterocycles. The Hall–Kier alpha value is -0.0800. The summed E-state index contributed by atoms with van der Waals surface area (Å²) < 4.78 is 0. The maximum atomic E-state index is 5.78. The molecule has 0 bridgehead atoms. The summed E-state index contributed by atoms with van der Waals surface area (Å²) >= 11 is 0. The Morgan fingerprint density at radius 1 is 1.43 bits per heavy atom. The van der Waals surface area contributed by atoms with Crippen LogP contribution in [0.25, 0.3) is 0 Å². The van der Waals surface area contributed by atoms with Gasteiger partial charge in [-0.05, 0) is 50.2 Å². The molecule has 1 atom stereocenters. The molecule has 2 nitrogen and oxygen atoms in total. The van der Waals surface area contributed by atoms with Crippen LogP contribution in [0.2, 0.25) is 0 Å². The molecule has 0 aliphatic carbocycles. The summed E-state index contributed by atoms with van der Waals surface area (Å²) in [5.74, 6) is 0.877. The topological polar surface area (TPSA) is 29.3 Å². The first-order chi connectivity index (χ1) is 6.57. The minimum Gasteiger partial charge on any atom is -0.330 e. The molecular weight excluding hydrogens is 172 g/mol. The number of hydrogen-bond donors (Lipinski definition) is 1. The molecule has 1 unspecified atom stereocenters. The van der Waals surface area contributed by atoms with E-state index in [1.807, 2.05) is 0 Å². The number of nitrogens with two attached hydrogens (primary N) is 1. The van der Waals surface area contributed by atoms with Crippen molar-refractivity contribution in [3.8, 4) is 0 Å². The van der Waals surface area contributed by atoms with Crippen molar-refractivity contribution in [3.05, 3.63) is 0 Å². The predicted molar refractivity (Wildman–Crippen MR) is 62.3 cm³/mol. The molecule has 0 radical (unpaired) electrons. The van der Waals surface area contributed by atoms with Gasteiger partial charge in [0.15, 0.2) is 0 Å². The number of rotatable bonds is 4. The summed E-state index contributed by atoms with van der Waals surface area (Å²) in [6.07, 6.45) is 4.07.